The Kier molecular flexibility index (Phi) is 11.7. The topological polar surface area (TPSA) is 95.4 Å². The number of benzene rings is 11. The van der Waals surface area contributed by atoms with Crippen LogP contribution in [0.1, 0.15) is 49.9 Å². The van der Waals surface area contributed by atoms with Gasteiger partial charge in [-0.25, -0.2) is 19.9 Å². The van der Waals surface area contributed by atoms with E-state index in [0.717, 1.165) is 66.4 Å². The van der Waals surface area contributed by atoms with Crippen molar-refractivity contribution in [3.05, 3.63) is 283 Å². The second-order valence-electron chi connectivity index (χ2n) is 23.4. The Morgan fingerprint density at radius 1 is 0.279 bits per heavy atom. The average Bonchev–Trinajstić information content (AvgIpc) is 1.67. The first kappa shape index (κ1) is 50.7. The van der Waals surface area contributed by atoms with Gasteiger partial charge in [0.15, 0.2) is 29.1 Å². The van der Waals surface area contributed by atoms with E-state index in [0.29, 0.717) is 35.1 Å². The zero-order chi connectivity index (χ0) is 57.7. The van der Waals surface area contributed by atoms with Crippen LogP contribution in [0.4, 0.5) is 0 Å². The minimum Gasteiger partial charge on any atom is -0.456 e. The van der Waals surface area contributed by atoms with Crippen molar-refractivity contribution >= 4 is 43.7 Å². The molecule has 8 nitrogen and oxygen atoms in total. The Bertz CT molecular complexity index is 5050. The highest BCUT2D eigenvalue weighted by Crippen LogP contribution is 2.52. The van der Waals surface area contributed by atoms with Crippen molar-refractivity contribution in [2.24, 2.45) is 0 Å². The molecule has 0 N–H and O–H groups in total. The van der Waals surface area contributed by atoms with E-state index in [2.05, 4.69) is 160 Å². The number of furan rings is 1. The molecule has 0 spiro atoms. The molecule has 4 heterocycles. The molecule has 0 fully saturated rings. The number of fused-ring (bicyclic) bond motifs is 12. The predicted molar refractivity (Wildman–Crippen MR) is 349 cm³/mol. The van der Waals surface area contributed by atoms with E-state index in [-0.39, 0.29) is 10.8 Å². The highest BCUT2D eigenvalue weighted by Gasteiger charge is 2.37. The Labute approximate surface area is 497 Å². The van der Waals surface area contributed by atoms with E-state index in [4.69, 9.17) is 34.3 Å². The smallest absolute Gasteiger partial charge is 0.238 e. The van der Waals surface area contributed by atoms with Gasteiger partial charge < -0.3 is 4.42 Å². The first-order valence-corrected chi connectivity index (χ1v) is 29.3. The number of hydrogen-bond acceptors (Lipinski definition) is 7. The summed E-state index contributed by atoms with van der Waals surface area (Å²) < 4.78 is 8.63. The van der Waals surface area contributed by atoms with E-state index >= 15 is 0 Å². The van der Waals surface area contributed by atoms with E-state index < -0.39 is 0 Å². The second-order valence-corrected chi connectivity index (χ2v) is 23.4. The fourth-order valence-corrected chi connectivity index (χ4v) is 13.3. The molecule has 0 unspecified atom stereocenters. The Morgan fingerprint density at radius 3 is 1.33 bits per heavy atom. The number of nitrogens with zero attached hydrogens (tertiary/aromatic N) is 7. The van der Waals surface area contributed by atoms with Gasteiger partial charge in [0.25, 0.3) is 0 Å². The third-order valence-corrected chi connectivity index (χ3v) is 17.6. The van der Waals surface area contributed by atoms with E-state index in [1.165, 1.54) is 60.8 Å². The van der Waals surface area contributed by atoms with Crippen LogP contribution in [0.25, 0.3) is 140 Å². The van der Waals surface area contributed by atoms with Crippen molar-refractivity contribution in [2.45, 2.75) is 38.5 Å². The minimum atomic E-state index is -0.106. The van der Waals surface area contributed by atoms with Crippen molar-refractivity contribution in [3.63, 3.8) is 0 Å². The molecular weight excluding hydrogens is 1050 g/mol. The lowest BCUT2D eigenvalue weighted by molar-refractivity contribution is 0.660. The molecule has 86 heavy (non-hydrogen) atoms. The molecular formula is C78H55N7O. The predicted octanol–water partition coefficient (Wildman–Crippen LogP) is 19.4. The number of para-hydroxylation sites is 1. The highest BCUT2D eigenvalue weighted by atomic mass is 16.3. The maximum Gasteiger partial charge on any atom is 0.238 e. The minimum absolute atomic E-state index is 0.0624. The zero-order valence-corrected chi connectivity index (χ0v) is 47.9. The van der Waals surface area contributed by atoms with Gasteiger partial charge in [-0.1, -0.05) is 246 Å². The standard InChI is InChI=1S/C42H29N3O.C36H26N4/c1-42(2)34-18-10-9-16-30(34)31-22-20-29(25-35(31)42)28-21-23-36-33(24-28)38-32(17-11-19-37(38)46-36)41-44-39(26-12-5-3-6-13-26)43-40(45-41)27-14-7-4-8-15-27;1-36(2)29-19-11-9-17-25(29)27-21-28-26-18-10-12-20-31(26)40(32(28)22-30(27)36)35-38-33(23-13-5-3-6-14-23)37-34(39-35)24-15-7-4-8-16-24/h3-25H,1-2H3;3-22H,1-2H3. The van der Waals surface area contributed by atoms with Gasteiger partial charge in [0, 0.05) is 60.2 Å². The van der Waals surface area contributed by atoms with Gasteiger partial charge in [0.05, 0.1) is 11.0 Å². The van der Waals surface area contributed by atoms with Crippen LogP contribution >= 0.6 is 0 Å². The molecule has 2 aliphatic carbocycles. The molecule has 0 atom stereocenters. The lowest BCUT2D eigenvalue weighted by Gasteiger charge is -2.22. The lowest BCUT2D eigenvalue weighted by atomic mass is 9.81. The molecule has 17 rings (SSSR count). The molecule has 2 aliphatic rings. The summed E-state index contributed by atoms with van der Waals surface area (Å²) in [5.41, 5.74) is 21.4. The molecule has 0 saturated carbocycles. The fraction of sp³-hybridized carbons (Fsp3) is 0.0769. The Balaban J connectivity index is 0.000000141. The van der Waals surface area contributed by atoms with Gasteiger partial charge in [-0.2, -0.15) is 9.97 Å². The van der Waals surface area contributed by atoms with E-state index in [1.807, 2.05) is 133 Å². The molecule has 408 valence electrons. The van der Waals surface area contributed by atoms with Crippen molar-refractivity contribution in [2.75, 3.05) is 0 Å². The van der Waals surface area contributed by atoms with Crippen molar-refractivity contribution < 1.29 is 4.42 Å². The summed E-state index contributed by atoms with van der Waals surface area (Å²) in [7, 11) is 0. The summed E-state index contributed by atoms with van der Waals surface area (Å²) in [6, 6.07) is 90.8. The third kappa shape index (κ3) is 8.27. The summed E-state index contributed by atoms with van der Waals surface area (Å²) >= 11 is 0. The summed E-state index contributed by atoms with van der Waals surface area (Å²) in [6.45, 7) is 9.28. The molecule has 0 saturated heterocycles. The maximum atomic E-state index is 6.41. The van der Waals surface area contributed by atoms with Gasteiger partial charge >= 0.3 is 0 Å². The zero-order valence-electron chi connectivity index (χ0n) is 47.9. The third-order valence-electron chi connectivity index (χ3n) is 17.6. The number of hydrogen-bond donors (Lipinski definition) is 0. The second kappa shape index (κ2) is 19.9. The Hall–Kier alpha value is -11.0. The SMILES string of the molecule is CC1(C)c2ccccc2-c2cc3c4ccccc4n(-c4nc(-c5ccccc5)nc(-c5ccccc5)n4)c3cc21.CC1(C)c2ccccc2-c2ccc(-c3ccc4oc5cccc(-c6nc(-c7ccccc7)nc(-c7ccccc7)n6)c5c4c3)cc21. The van der Waals surface area contributed by atoms with Crippen LogP contribution < -0.4 is 0 Å². The van der Waals surface area contributed by atoms with Gasteiger partial charge in [-0.15, -0.1) is 0 Å². The van der Waals surface area contributed by atoms with Crippen LogP contribution in [0.2, 0.25) is 0 Å². The normalized spacial score (nSPS) is 13.3. The summed E-state index contributed by atoms with van der Waals surface area (Å²) in [6.07, 6.45) is 0. The van der Waals surface area contributed by atoms with Crippen molar-refractivity contribution in [3.8, 4) is 96.3 Å². The summed E-state index contributed by atoms with van der Waals surface area (Å²) in [5.74, 6) is 3.82. The highest BCUT2D eigenvalue weighted by molar-refractivity contribution is 6.13. The van der Waals surface area contributed by atoms with E-state index in [9.17, 15) is 0 Å². The van der Waals surface area contributed by atoms with Crippen LogP contribution in [0.15, 0.2) is 265 Å². The number of aromatic nitrogens is 7. The molecule has 4 aromatic heterocycles. The Morgan fingerprint density at radius 2 is 0.733 bits per heavy atom. The van der Waals surface area contributed by atoms with Crippen molar-refractivity contribution in [1.29, 1.82) is 0 Å². The van der Waals surface area contributed by atoms with E-state index in [1.54, 1.807) is 0 Å². The average molecular weight is 1110 g/mol. The maximum absolute atomic E-state index is 6.41. The van der Waals surface area contributed by atoms with Crippen LogP contribution in [0, 0.1) is 0 Å². The summed E-state index contributed by atoms with van der Waals surface area (Å²) in [5, 5.41) is 4.42. The first-order valence-electron chi connectivity index (χ1n) is 29.3. The largest absolute Gasteiger partial charge is 0.456 e. The monoisotopic (exact) mass is 1110 g/mol. The van der Waals surface area contributed by atoms with Gasteiger partial charge in [0.2, 0.25) is 5.95 Å². The van der Waals surface area contributed by atoms with Gasteiger partial charge in [0.1, 0.15) is 11.2 Å². The summed E-state index contributed by atoms with van der Waals surface area (Å²) in [4.78, 5) is 30.0. The quantitative estimate of drug-likeness (QED) is 0.157. The van der Waals surface area contributed by atoms with Crippen LogP contribution in [0.5, 0.6) is 0 Å². The van der Waals surface area contributed by atoms with Gasteiger partial charge in [-0.3, -0.25) is 4.57 Å². The van der Waals surface area contributed by atoms with Crippen LogP contribution in [-0.2, 0) is 10.8 Å². The van der Waals surface area contributed by atoms with Crippen LogP contribution in [0.3, 0.4) is 0 Å². The molecule has 0 bridgehead atoms. The van der Waals surface area contributed by atoms with Crippen LogP contribution in [-0.4, -0.2) is 34.5 Å². The fourth-order valence-electron chi connectivity index (χ4n) is 13.3. The van der Waals surface area contributed by atoms with Gasteiger partial charge in [-0.05, 0) is 98.1 Å². The first-order chi connectivity index (χ1) is 42.1. The molecule has 11 aromatic carbocycles. The molecule has 0 amide bonds. The lowest BCUT2D eigenvalue weighted by Crippen LogP contribution is -2.15. The molecule has 0 aliphatic heterocycles. The number of rotatable bonds is 7. The van der Waals surface area contributed by atoms with Crippen molar-refractivity contribution in [1.82, 2.24) is 34.5 Å². The molecule has 8 heteroatoms. The molecule has 15 aromatic rings. The molecule has 0 radical (unpaired) electrons.